The minimum atomic E-state index is -1.15. The summed E-state index contributed by atoms with van der Waals surface area (Å²) in [6, 6.07) is 3.48. The molecule has 0 aliphatic heterocycles. The van der Waals surface area contributed by atoms with Gasteiger partial charge in [-0.2, -0.15) is 4.98 Å². The highest BCUT2D eigenvalue weighted by Gasteiger charge is 2.15. The Morgan fingerprint density at radius 2 is 2.19 bits per heavy atom. The maximum atomic E-state index is 13.7. The molecule has 0 unspecified atom stereocenters. The number of carboxylic acids is 1. The van der Waals surface area contributed by atoms with Crippen molar-refractivity contribution in [2.75, 3.05) is 5.32 Å². The van der Waals surface area contributed by atoms with Gasteiger partial charge in [0.25, 0.3) is 5.91 Å². The van der Waals surface area contributed by atoms with Gasteiger partial charge in [-0.25, -0.2) is 9.18 Å². The zero-order valence-corrected chi connectivity index (χ0v) is 10.8. The highest BCUT2D eigenvalue weighted by atomic mass is 19.1. The molecule has 1 aromatic carbocycles. The summed E-state index contributed by atoms with van der Waals surface area (Å²) in [7, 11) is 0. The van der Waals surface area contributed by atoms with Crippen molar-refractivity contribution in [1.29, 1.82) is 0 Å². The molecule has 7 nitrogen and oxygen atoms in total. The molecular weight excluding hydrogens is 281 g/mol. The lowest BCUT2D eigenvalue weighted by Crippen LogP contribution is -2.14. The summed E-state index contributed by atoms with van der Waals surface area (Å²) in [5.74, 6) is -2.35. The monoisotopic (exact) mass is 291 g/mol. The number of nitrogens with one attached hydrogen (secondary N) is 1. The summed E-state index contributed by atoms with van der Waals surface area (Å²) in [5.41, 5.74) is 0.101. The van der Waals surface area contributed by atoms with Gasteiger partial charge in [-0.05, 0) is 30.7 Å². The van der Waals surface area contributed by atoms with Crippen LogP contribution in [0.5, 0.6) is 0 Å². The van der Waals surface area contributed by atoms with Gasteiger partial charge in [-0.1, -0.05) is 11.2 Å². The van der Waals surface area contributed by atoms with E-state index in [2.05, 4.69) is 15.5 Å². The molecule has 2 rings (SSSR count). The van der Waals surface area contributed by atoms with Crippen molar-refractivity contribution in [3.05, 3.63) is 47.0 Å². The molecule has 0 saturated heterocycles. The van der Waals surface area contributed by atoms with Gasteiger partial charge in [-0.3, -0.25) is 10.1 Å². The molecule has 0 aliphatic carbocycles. The number of amides is 1. The van der Waals surface area contributed by atoms with Crippen LogP contribution in [0.2, 0.25) is 0 Å². The summed E-state index contributed by atoms with van der Waals surface area (Å²) in [6.07, 6.45) is 2.13. The summed E-state index contributed by atoms with van der Waals surface area (Å²) < 4.78 is 18.4. The van der Waals surface area contributed by atoms with Crippen LogP contribution in [0.25, 0.3) is 6.08 Å². The Bertz CT molecular complexity index is 724. The molecular formula is C13H10FN3O4. The van der Waals surface area contributed by atoms with E-state index in [1.807, 2.05) is 0 Å². The topological polar surface area (TPSA) is 105 Å². The minimum absolute atomic E-state index is 0.150. The van der Waals surface area contributed by atoms with Gasteiger partial charge >= 0.3 is 12.0 Å². The third-order valence-corrected chi connectivity index (χ3v) is 2.40. The third-order valence-electron chi connectivity index (χ3n) is 2.40. The molecule has 0 atom stereocenters. The van der Waals surface area contributed by atoms with Crippen molar-refractivity contribution >= 4 is 24.0 Å². The summed E-state index contributed by atoms with van der Waals surface area (Å²) >= 11 is 0. The maximum absolute atomic E-state index is 13.7. The molecule has 0 bridgehead atoms. The number of nitrogens with zero attached hydrogens (tertiary/aromatic N) is 2. The molecule has 0 fully saturated rings. The number of aliphatic carboxylic acids is 1. The van der Waals surface area contributed by atoms with Crippen LogP contribution in [0.15, 0.2) is 28.8 Å². The largest absolute Gasteiger partial charge is 0.478 e. The van der Waals surface area contributed by atoms with Crippen LogP contribution in [0.4, 0.5) is 10.4 Å². The lowest BCUT2D eigenvalue weighted by molar-refractivity contribution is -0.131. The molecule has 1 heterocycles. The van der Waals surface area contributed by atoms with Crippen molar-refractivity contribution in [2.45, 2.75) is 6.92 Å². The molecule has 0 radical (unpaired) electrons. The second-order valence-electron chi connectivity index (χ2n) is 4.01. The minimum Gasteiger partial charge on any atom is -0.478 e. The van der Waals surface area contributed by atoms with Gasteiger partial charge in [-0.15, -0.1) is 0 Å². The molecule has 21 heavy (non-hydrogen) atoms. The summed E-state index contributed by atoms with van der Waals surface area (Å²) in [6.45, 7) is 1.57. The Kier molecular flexibility index (Phi) is 4.07. The molecule has 0 spiro atoms. The smallest absolute Gasteiger partial charge is 0.328 e. The highest BCUT2D eigenvalue weighted by molar-refractivity contribution is 6.03. The molecule has 0 saturated carbocycles. The Labute approximate surface area is 118 Å². The predicted octanol–water partition coefficient (Wildman–Crippen LogP) is 1.87. The number of benzene rings is 1. The average molecular weight is 291 g/mol. The predicted molar refractivity (Wildman–Crippen MR) is 70.1 cm³/mol. The van der Waals surface area contributed by atoms with Crippen LogP contribution in [0, 0.1) is 12.7 Å². The zero-order valence-electron chi connectivity index (χ0n) is 10.8. The van der Waals surface area contributed by atoms with Crippen LogP contribution in [-0.2, 0) is 4.79 Å². The number of carbonyl (C=O) groups excluding carboxylic acids is 1. The molecule has 2 N–H and O–H groups in total. The lowest BCUT2D eigenvalue weighted by Gasteiger charge is -2.03. The van der Waals surface area contributed by atoms with Gasteiger partial charge < -0.3 is 9.63 Å². The molecule has 108 valence electrons. The lowest BCUT2D eigenvalue weighted by atomic mass is 10.1. The van der Waals surface area contributed by atoms with Gasteiger partial charge in [0, 0.05) is 6.08 Å². The van der Waals surface area contributed by atoms with Crippen LogP contribution >= 0.6 is 0 Å². The number of hydrogen-bond acceptors (Lipinski definition) is 5. The fraction of sp³-hybridized carbons (Fsp3) is 0.0769. The Morgan fingerprint density at radius 1 is 1.43 bits per heavy atom. The van der Waals surface area contributed by atoms with Gasteiger partial charge in [0.05, 0.1) is 5.56 Å². The zero-order chi connectivity index (χ0) is 15.4. The average Bonchev–Trinajstić information content (AvgIpc) is 2.83. The van der Waals surface area contributed by atoms with Gasteiger partial charge in [0.15, 0.2) is 5.82 Å². The first kappa shape index (κ1) is 14.4. The number of hydrogen-bond donors (Lipinski definition) is 2. The molecule has 8 heteroatoms. The number of halogens is 1. The standard InChI is InChI=1S/C13H10FN3O4/c1-7-15-13(21-17-7)16-12(20)9-6-8(2-4-10(9)14)3-5-11(18)19/h2-6H,1H3,(H,18,19)(H,15,16,17,20)/b5-3+. The van der Waals surface area contributed by atoms with E-state index >= 15 is 0 Å². The van der Waals surface area contributed by atoms with Crippen molar-refractivity contribution in [3.63, 3.8) is 0 Å². The van der Waals surface area contributed by atoms with Crippen molar-refractivity contribution in [3.8, 4) is 0 Å². The molecule has 1 amide bonds. The fourth-order valence-electron chi connectivity index (χ4n) is 1.50. The van der Waals surface area contributed by atoms with Gasteiger partial charge in [0.1, 0.15) is 5.82 Å². The van der Waals surface area contributed by atoms with E-state index < -0.39 is 17.7 Å². The van der Waals surface area contributed by atoms with Crippen LogP contribution in [0.3, 0.4) is 0 Å². The van der Waals surface area contributed by atoms with E-state index in [9.17, 15) is 14.0 Å². The molecule has 0 aliphatic rings. The van der Waals surface area contributed by atoms with Crippen LogP contribution in [-0.4, -0.2) is 27.1 Å². The van der Waals surface area contributed by atoms with Crippen molar-refractivity contribution in [1.82, 2.24) is 10.1 Å². The first-order valence-electron chi connectivity index (χ1n) is 5.78. The molecule has 1 aromatic heterocycles. The van der Waals surface area contributed by atoms with E-state index in [-0.39, 0.29) is 11.6 Å². The summed E-state index contributed by atoms with van der Waals surface area (Å²) in [4.78, 5) is 26.1. The van der Waals surface area contributed by atoms with Crippen molar-refractivity contribution in [2.24, 2.45) is 0 Å². The number of carbonyl (C=O) groups is 2. The van der Waals surface area contributed by atoms with E-state index in [4.69, 9.17) is 9.63 Å². The number of anilines is 1. The second-order valence-corrected chi connectivity index (χ2v) is 4.01. The Balaban J connectivity index is 2.23. The maximum Gasteiger partial charge on any atom is 0.328 e. The number of carboxylic acid groups (broad SMARTS) is 1. The Hall–Kier alpha value is -3.03. The van der Waals surface area contributed by atoms with E-state index in [1.54, 1.807) is 6.92 Å². The Morgan fingerprint density at radius 3 is 2.81 bits per heavy atom. The van der Waals surface area contributed by atoms with Gasteiger partial charge in [0.2, 0.25) is 0 Å². The number of aromatic nitrogens is 2. The fourth-order valence-corrected chi connectivity index (χ4v) is 1.50. The van der Waals surface area contributed by atoms with Crippen molar-refractivity contribution < 1.29 is 23.6 Å². The quantitative estimate of drug-likeness (QED) is 0.833. The molecule has 2 aromatic rings. The number of aryl methyl sites for hydroxylation is 1. The first-order valence-corrected chi connectivity index (χ1v) is 5.78. The van der Waals surface area contributed by atoms with Crippen LogP contribution < -0.4 is 5.32 Å². The van der Waals surface area contributed by atoms with E-state index in [1.165, 1.54) is 18.2 Å². The summed E-state index contributed by atoms with van der Waals surface area (Å²) in [5, 5.41) is 14.3. The second kappa shape index (κ2) is 5.95. The normalized spacial score (nSPS) is 10.8. The van der Waals surface area contributed by atoms with E-state index in [0.717, 1.165) is 12.1 Å². The first-order chi connectivity index (χ1) is 9.95. The van der Waals surface area contributed by atoms with Crippen LogP contribution in [0.1, 0.15) is 21.7 Å². The third kappa shape index (κ3) is 3.72. The number of rotatable bonds is 4. The SMILES string of the molecule is Cc1noc(NC(=O)c2cc(/C=C/C(=O)O)ccc2F)n1. The van der Waals surface area contributed by atoms with E-state index in [0.29, 0.717) is 11.4 Å². The highest BCUT2D eigenvalue weighted by Crippen LogP contribution is 2.14.